The second kappa shape index (κ2) is 68.8. The van der Waals surface area contributed by atoms with Crippen LogP contribution in [0, 0.1) is 11.8 Å². The van der Waals surface area contributed by atoms with Crippen LogP contribution in [-0.2, 0) is 65.4 Å². The zero-order chi connectivity index (χ0) is 70.7. The van der Waals surface area contributed by atoms with Crippen LogP contribution in [0.25, 0.3) is 0 Å². The molecule has 19 heteroatoms. The van der Waals surface area contributed by atoms with Crippen molar-refractivity contribution in [2.24, 2.45) is 11.8 Å². The highest BCUT2D eigenvalue weighted by Crippen LogP contribution is 2.45. The third-order valence-electron chi connectivity index (χ3n) is 18.7. The van der Waals surface area contributed by atoms with E-state index in [1.54, 1.807) is 0 Å². The number of hydrogen-bond donors (Lipinski definition) is 3. The zero-order valence-electron chi connectivity index (χ0n) is 62.7. The Hall–Kier alpha value is -1.94. The van der Waals surface area contributed by atoms with Gasteiger partial charge in [0, 0.05) is 25.7 Å². The van der Waals surface area contributed by atoms with Crippen molar-refractivity contribution in [1.82, 2.24) is 0 Å². The highest BCUT2D eigenvalue weighted by molar-refractivity contribution is 7.47. The van der Waals surface area contributed by atoms with Gasteiger partial charge in [0.1, 0.15) is 19.3 Å². The van der Waals surface area contributed by atoms with E-state index in [0.29, 0.717) is 25.7 Å². The largest absolute Gasteiger partial charge is 0.472 e. The molecule has 0 amide bonds. The van der Waals surface area contributed by atoms with Crippen molar-refractivity contribution < 1.29 is 80.2 Å². The fourth-order valence-electron chi connectivity index (χ4n) is 11.8. The molecule has 0 fully saturated rings. The van der Waals surface area contributed by atoms with Crippen LogP contribution in [0.1, 0.15) is 401 Å². The van der Waals surface area contributed by atoms with E-state index in [1.807, 2.05) is 0 Å². The van der Waals surface area contributed by atoms with Gasteiger partial charge in [0.2, 0.25) is 0 Å². The van der Waals surface area contributed by atoms with Crippen molar-refractivity contribution in [2.45, 2.75) is 419 Å². The van der Waals surface area contributed by atoms with Crippen LogP contribution in [0.3, 0.4) is 0 Å². The minimum Gasteiger partial charge on any atom is -0.462 e. The summed E-state index contributed by atoms with van der Waals surface area (Å²) in [7, 11) is -9.91. The maximum absolute atomic E-state index is 13.1. The number of aliphatic hydroxyl groups is 1. The van der Waals surface area contributed by atoms with Gasteiger partial charge in [-0.3, -0.25) is 37.3 Å². The van der Waals surface area contributed by atoms with E-state index in [9.17, 15) is 43.2 Å². The minimum absolute atomic E-state index is 0.106. The number of unbranched alkanes of at least 4 members (excludes halogenated alkanes) is 44. The van der Waals surface area contributed by atoms with Crippen molar-refractivity contribution >= 4 is 39.5 Å². The molecule has 0 aromatic carbocycles. The summed E-state index contributed by atoms with van der Waals surface area (Å²) in [6, 6.07) is 0. The van der Waals surface area contributed by atoms with Gasteiger partial charge in [-0.2, -0.15) is 0 Å². The molecule has 4 unspecified atom stereocenters. The number of rotatable bonds is 76. The van der Waals surface area contributed by atoms with E-state index in [4.69, 9.17) is 37.0 Å². The Bertz CT molecular complexity index is 1860. The van der Waals surface area contributed by atoms with Gasteiger partial charge in [-0.15, -0.1) is 0 Å². The van der Waals surface area contributed by atoms with Crippen LogP contribution >= 0.6 is 15.6 Å². The summed E-state index contributed by atoms with van der Waals surface area (Å²) in [6.45, 7) is 9.66. The number of esters is 4. The molecule has 3 N–H and O–H groups in total. The first kappa shape index (κ1) is 94.1. The van der Waals surface area contributed by atoms with Gasteiger partial charge in [-0.05, 0) is 37.5 Å². The molecule has 0 aliphatic heterocycles. The maximum Gasteiger partial charge on any atom is 0.472 e. The number of phosphoric ester groups is 2. The first-order chi connectivity index (χ1) is 46.4. The van der Waals surface area contributed by atoms with Crippen LogP contribution in [-0.4, -0.2) is 96.7 Å². The Morgan fingerprint density at radius 2 is 0.500 bits per heavy atom. The third-order valence-corrected chi connectivity index (χ3v) is 20.6. The fraction of sp³-hybridized carbons (Fsp3) is 0.948. The molecule has 0 aliphatic carbocycles. The zero-order valence-corrected chi connectivity index (χ0v) is 64.5. The third kappa shape index (κ3) is 67.9. The standard InChI is InChI=1S/C77H150O17P2/c1-7-11-13-15-17-19-20-21-22-23-27-30-36-42-48-54-60-75(80)88-66-73(94-76(81)61-55-49-43-37-31-28-25-24-26-29-34-39-45-51-57-69(5)9-3)68-92-96(85,86)90-64-71(78)63-89-95(83,84)91-67-72(65-87-74(79)59-53-47-41-18-16-14-12-8-2)93-77(82)62-56-50-44-38-33-32-35-40-46-52-58-70(6)10-4/h69-73,78H,7-68H2,1-6H3,(H,83,84)(H,85,86)/t69?,70?,71-,72+,73+/m0/s1. The fourth-order valence-corrected chi connectivity index (χ4v) is 13.3. The number of carbonyl (C=O) groups excluding carboxylic acids is 4. The van der Waals surface area contributed by atoms with Crippen molar-refractivity contribution in [3.8, 4) is 0 Å². The van der Waals surface area contributed by atoms with Crippen molar-refractivity contribution in [3.05, 3.63) is 0 Å². The van der Waals surface area contributed by atoms with Crippen molar-refractivity contribution in [3.63, 3.8) is 0 Å². The Balaban J connectivity index is 5.22. The molecule has 0 radical (unpaired) electrons. The molecule has 17 nitrogen and oxygen atoms in total. The molecule has 0 aromatic rings. The topological polar surface area (TPSA) is 237 Å². The molecule has 7 atom stereocenters. The Kier molecular flexibility index (Phi) is 67.4. The number of aliphatic hydroxyl groups excluding tert-OH is 1. The van der Waals surface area contributed by atoms with Crippen LogP contribution in [0.5, 0.6) is 0 Å². The molecular formula is C77H150O17P2. The highest BCUT2D eigenvalue weighted by Gasteiger charge is 2.30. The number of hydrogen-bond acceptors (Lipinski definition) is 15. The SMILES string of the molecule is CCCCCCCCCCCCCCCCCCC(=O)OC[C@H](COP(=O)(O)OC[C@@H](O)COP(=O)(O)OC[C@@H](COC(=O)CCCCCCCCCC)OC(=O)CCCCCCCCCCCCC(C)CC)OC(=O)CCCCCCCCCCCCCCCCC(C)CC. The molecule has 0 aliphatic rings. The molecule has 0 saturated carbocycles. The number of phosphoric acid groups is 2. The van der Waals surface area contributed by atoms with E-state index < -0.39 is 97.5 Å². The van der Waals surface area contributed by atoms with Crippen molar-refractivity contribution in [2.75, 3.05) is 39.6 Å². The second-order valence-electron chi connectivity index (χ2n) is 28.2. The van der Waals surface area contributed by atoms with Crippen LogP contribution in [0.4, 0.5) is 0 Å². The Labute approximate surface area is 588 Å². The summed E-state index contributed by atoms with van der Waals surface area (Å²) in [5.41, 5.74) is 0. The lowest BCUT2D eigenvalue weighted by atomic mass is 9.99. The molecule has 0 saturated heterocycles. The van der Waals surface area contributed by atoms with Gasteiger partial charge in [0.25, 0.3) is 0 Å². The molecular weight excluding hydrogens is 1260 g/mol. The van der Waals surface area contributed by atoms with E-state index >= 15 is 0 Å². The van der Waals surface area contributed by atoms with Gasteiger partial charge >= 0.3 is 39.5 Å². The van der Waals surface area contributed by atoms with Gasteiger partial charge in [-0.1, -0.05) is 350 Å². The first-order valence-electron chi connectivity index (χ1n) is 40.1. The van der Waals surface area contributed by atoms with E-state index in [1.165, 1.54) is 212 Å². The van der Waals surface area contributed by atoms with Gasteiger partial charge in [0.05, 0.1) is 26.4 Å². The summed E-state index contributed by atoms with van der Waals surface area (Å²) < 4.78 is 68.5. The quantitative estimate of drug-likeness (QED) is 0.0222. The van der Waals surface area contributed by atoms with Gasteiger partial charge in [0.15, 0.2) is 12.2 Å². The summed E-state index contributed by atoms with van der Waals surface area (Å²) in [5, 5.41) is 10.6. The predicted octanol–water partition coefficient (Wildman–Crippen LogP) is 22.7. The smallest absolute Gasteiger partial charge is 0.462 e. The summed E-state index contributed by atoms with van der Waals surface area (Å²) in [6.07, 6.45) is 56.7. The van der Waals surface area contributed by atoms with Crippen LogP contribution in [0.2, 0.25) is 0 Å². The molecule has 96 heavy (non-hydrogen) atoms. The lowest BCUT2D eigenvalue weighted by Crippen LogP contribution is -2.30. The lowest BCUT2D eigenvalue weighted by molar-refractivity contribution is -0.161. The van der Waals surface area contributed by atoms with Crippen LogP contribution in [0.15, 0.2) is 0 Å². The van der Waals surface area contributed by atoms with Gasteiger partial charge < -0.3 is 33.8 Å². The Morgan fingerprint density at radius 3 is 0.740 bits per heavy atom. The van der Waals surface area contributed by atoms with Crippen LogP contribution < -0.4 is 0 Å². The van der Waals surface area contributed by atoms with E-state index in [0.717, 1.165) is 108 Å². The summed E-state index contributed by atoms with van der Waals surface area (Å²) >= 11 is 0. The lowest BCUT2D eigenvalue weighted by Gasteiger charge is -2.21. The van der Waals surface area contributed by atoms with Gasteiger partial charge in [-0.25, -0.2) is 9.13 Å². The van der Waals surface area contributed by atoms with E-state index in [2.05, 4.69) is 41.5 Å². The molecule has 0 rings (SSSR count). The number of ether oxygens (including phenoxy) is 4. The monoisotopic (exact) mass is 1410 g/mol. The molecule has 0 aromatic heterocycles. The molecule has 0 spiro atoms. The maximum atomic E-state index is 13.1. The molecule has 0 bridgehead atoms. The minimum atomic E-state index is -4.96. The molecule has 570 valence electrons. The number of carbonyl (C=O) groups is 4. The second-order valence-corrected chi connectivity index (χ2v) is 31.1. The van der Waals surface area contributed by atoms with Crippen molar-refractivity contribution in [1.29, 1.82) is 0 Å². The molecule has 0 heterocycles. The Morgan fingerprint density at radius 1 is 0.292 bits per heavy atom. The highest BCUT2D eigenvalue weighted by atomic mass is 31.2. The summed E-state index contributed by atoms with van der Waals surface area (Å²) in [5.74, 6) is -0.466. The average molecular weight is 1410 g/mol. The van der Waals surface area contributed by atoms with E-state index in [-0.39, 0.29) is 25.7 Å². The first-order valence-corrected chi connectivity index (χ1v) is 43.1. The predicted molar refractivity (Wildman–Crippen MR) is 391 cm³/mol. The average Bonchev–Trinajstić information content (AvgIpc) is 1.28. The summed E-state index contributed by atoms with van der Waals surface area (Å²) in [4.78, 5) is 72.8. The normalized spacial score (nSPS) is 14.6.